The van der Waals surface area contributed by atoms with Crippen LogP contribution in [0, 0.1) is 0 Å². The van der Waals surface area contributed by atoms with E-state index in [0.29, 0.717) is 0 Å². The van der Waals surface area contributed by atoms with Gasteiger partial charge in [-0.05, 0) is 20.3 Å². The molecule has 1 unspecified atom stereocenters. The minimum Gasteiger partial charge on any atom is -0.382 e. The van der Waals surface area contributed by atoms with E-state index in [9.17, 15) is 0 Å². The summed E-state index contributed by atoms with van der Waals surface area (Å²) in [5, 5.41) is 0. The average molecular weight is 173 g/mol. The first-order chi connectivity index (χ1) is 5.74. The fraction of sp³-hybridized carbons (Fsp3) is 0.875. The second-order valence-electron chi connectivity index (χ2n) is 2.65. The maximum absolute atomic E-state index is 5.26. The van der Waals surface area contributed by atoms with Crippen LogP contribution in [0.5, 0.6) is 0 Å². The van der Waals surface area contributed by atoms with Gasteiger partial charge in [0.25, 0.3) is 0 Å². The van der Waals surface area contributed by atoms with Crippen LogP contribution in [-0.4, -0.2) is 25.6 Å². The first kappa shape index (κ1) is 11.4. The molecule has 12 heavy (non-hydrogen) atoms. The molecule has 0 heterocycles. The van der Waals surface area contributed by atoms with Gasteiger partial charge >= 0.3 is 0 Å². The molecule has 0 saturated carbocycles. The van der Waals surface area contributed by atoms with Crippen molar-refractivity contribution in [3.63, 3.8) is 0 Å². The Hall–Kier alpha value is -0.610. The van der Waals surface area contributed by atoms with Crippen molar-refractivity contribution < 1.29 is 4.74 Å². The first-order valence-electron chi connectivity index (χ1n) is 4.27. The Morgan fingerprint density at radius 1 is 1.67 bits per heavy atom. The fourth-order valence-corrected chi connectivity index (χ4v) is 0.846. The Balaban J connectivity index is 3.65. The van der Waals surface area contributed by atoms with Crippen molar-refractivity contribution in [3.05, 3.63) is 0 Å². The van der Waals surface area contributed by atoms with Crippen molar-refractivity contribution >= 4 is 5.84 Å². The number of hydrogen-bond donors (Lipinski definition) is 2. The third-order valence-electron chi connectivity index (χ3n) is 1.71. The van der Waals surface area contributed by atoms with E-state index in [0.717, 1.165) is 25.2 Å². The van der Waals surface area contributed by atoms with Crippen LogP contribution >= 0.6 is 0 Å². The molecule has 0 aliphatic heterocycles. The molecular formula is C8H19N3O. The van der Waals surface area contributed by atoms with Crippen LogP contribution in [0.15, 0.2) is 4.99 Å². The van der Waals surface area contributed by atoms with Crippen molar-refractivity contribution in [1.82, 2.24) is 5.43 Å². The van der Waals surface area contributed by atoms with Crippen LogP contribution in [0.1, 0.15) is 26.7 Å². The van der Waals surface area contributed by atoms with Crippen LogP contribution in [0.3, 0.4) is 0 Å². The lowest BCUT2D eigenvalue weighted by atomic mass is 10.2. The van der Waals surface area contributed by atoms with Gasteiger partial charge in [0, 0.05) is 20.1 Å². The highest BCUT2D eigenvalue weighted by Crippen LogP contribution is 2.00. The van der Waals surface area contributed by atoms with Gasteiger partial charge in [0.2, 0.25) is 0 Å². The van der Waals surface area contributed by atoms with E-state index in [1.165, 1.54) is 0 Å². The van der Waals surface area contributed by atoms with E-state index in [1.807, 2.05) is 13.8 Å². The molecule has 0 amide bonds. The van der Waals surface area contributed by atoms with Crippen molar-refractivity contribution in [2.24, 2.45) is 10.8 Å². The van der Waals surface area contributed by atoms with Gasteiger partial charge in [0.1, 0.15) is 5.84 Å². The highest BCUT2D eigenvalue weighted by Gasteiger charge is 2.01. The zero-order valence-corrected chi connectivity index (χ0v) is 8.13. The topological polar surface area (TPSA) is 59.6 Å². The van der Waals surface area contributed by atoms with Crippen molar-refractivity contribution in [3.8, 4) is 0 Å². The second kappa shape index (κ2) is 7.06. The molecule has 1 atom stereocenters. The molecule has 72 valence electrons. The lowest BCUT2D eigenvalue weighted by molar-refractivity contribution is 0.112. The summed E-state index contributed by atoms with van der Waals surface area (Å²) in [5.41, 5.74) is 2.58. The molecule has 4 heteroatoms. The lowest BCUT2D eigenvalue weighted by Gasteiger charge is -2.09. The summed E-state index contributed by atoms with van der Waals surface area (Å²) in [6, 6.07) is 0. The smallest absolute Gasteiger partial charge is 0.110 e. The van der Waals surface area contributed by atoms with E-state index in [2.05, 4.69) is 10.4 Å². The van der Waals surface area contributed by atoms with Crippen LogP contribution in [0.25, 0.3) is 0 Å². The minimum atomic E-state index is 0.264. The normalized spacial score (nSPS) is 14.5. The van der Waals surface area contributed by atoms with Crippen molar-refractivity contribution in [1.29, 1.82) is 0 Å². The molecule has 0 radical (unpaired) electrons. The van der Waals surface area contributed by atoms with Crippen molar-refractivity contribution in [2.75, 3.05) is 13.7 Å². The standard InChI is InChI=1S/C8H19N3O/c1-4-10-8(11-9)6-5-7(2)12-3/h7H,4-6,9H2,1-3H3,(H,10,11). The molecule has 0 aromatic carbocycles. The molecule has 0 aliphatic carbocycles. The molecular weight excluding hydrogens is 154 g/mol. The summed E-state index contributed by atoms with van der Waals surface area (Å²) < 4.78 is 5.10. The maximum Gasteiger partial charge on any atom is 0.110 e. The number of nitrogens with two attached hydrogens (primary N) is 1. The predicted molar refractivity (Wildman–Crippen MR) is 51.0 cm³/mol. The predicted octanol–water partition coefficient (Wildman–Crippen LogP) is 0.683. The monoisotopic (exact) mass is 173 g/mol. The Morgan fingerprint density at radius 2 is 2.33 bits per heavy atom. The zero-order valence-electron chi connectivity index (χ0n) is 8.13. The lowest BCUT2D eigenvalue weighted by Crippen LogP contribution is -2.31. The summed E-state index contributed by atoms with van der Waals surface area (Å²) in [4.78, 5) is 4.17. The maximum atomic E-state index is 5.26. The largest absolute Gasteiger partial charge is 0.382 e. The van der Waals surface area contributed by atoms with E-state index < -0.39 is 0 Å². The zero-order chi connectivity index (χ0) is 9.40. The van der Waals surface area contributed by atoms with E-state index in [4.69, 9.17) is 10.6 Å². The minimum absolute atomic E-state index is 0.264. The fourth-order valence-electron chi connectivity index (χ4n) is 0.846. The number of aliphatic imine (C=N–C) groups is 1. The SMILES string of the molecule is CCN=C(CCC(C)OC)NN. The first-order valence-corrected chi connectivity index (χ1v) is 4.27. The molecule has 0 aliphatic rings. The van der Waals surface area contributed by atoms with Gasteiger partial charge in [0.05, 0.1) is 6.10 Å². The summed E-state index contributed by atoms with van der Waals surface area (Å²) in [5.74, 6) is 6.11. The molecule has 0 aromatic heterocycles. The Labute approximate surface area is 74.2 Å². The average Bonchev–Trinajstić information content (AvgIpc) is 2.11. The van der Waals surface area contributed by atoms with E-state index >= 15 is 0 Å². The van der Waals surface area contributed by atoms with Gasteiger partial charge in [-0.1, -0.05) is 0 Å². The Kier molecular flexibility index (Phi) is 6.70. The number of hydrazine groups is 1. The second-order valence-corrected chi connectivity index (χ2v) is 2.65. The van der Waals surface area contributed by atoms with Gasteiger partial charge in [-0.25, -0.2) is 5.84 Å². The van der Waals surface area contributed by atoms with Crippen LogP contribution in [-0.2, 0) is 4.74 Å². The van der Waals surface area contributed by atoms with Crippen molar-refractivity contribution in [2.45, 2.75) is 32.8 Å². The highest BCUT2D eigenvalue weighted by molar-refractivity contribution is 5.81. The summed E-state index contributed by atoms with van der Waals surface area (Å²) >= 11 is 0. The number of nitrogens with zero attached hydrogens (tertiary/aromatic N) is 1. The summed E-state index contributed by atoms with van der Waals surface area (Å²) in [6.45, 7) is 4.78. The number of ether oxygens (including phenoxy) is 1. The van der Waals surface area contributed by atoms with Crippen LogP contribution in [0.2, 0.25) is 0 Å². The van der Waals surface area contributed by atoms with Gasteiger partial charge in [-0.3, -0.25) is 4.99 Å². The quantitative estimate of drug-likeness (QED) is 0.278. The van der Waals surface area contributed by atoms with Crippen LogP contribution in [0.4, 0.5) is 0 Å². The molecule has 4 nitrogen and oxygen atoms in total. The van der Waals surface area contributed by atoms with Gasteiger partial charge in [-0.2, -0.15) is 0 Å². The Morgan fingerprint density at radius 3 is 2.75 bits per heavy atom. The van der Waals surface area contributed by atoms with E-state index in [1.54, 1.807) is 7.11 Å². The highest BCUT2D eigenvalue weighted by atomic mass is 16.5. The van der Waals surface area contributed by atoms with Gasteiger partial charge in [0.15, 0.2) is 0 Å². The molecule has 0 rings (SSSR count). The molecule has 0 aromatic rings. The number of amidine groups is 1. The number of methoxy groups -OCH3 is 1. The third-order valence-corrected chi connectivity index (χ3v) is 1.71. The van der Waals surface area contributed by atoms with E-state index in [-0.39, 0.29) is 6.10 Å². The molecule has 0 spiro atoms. The number of rotatable bonds is 5. The third kappa shape index (κ3) is 5.09. The Bertz CT molecular complexity index is 136. The van der Waals surface area contributed by atoms with Gasteiger partial charge < -0.3 is 10.2 Å². The number of nitrogens with one attached hydrogen (secondary N) is 1. The summed E-state index contributed by atoms with van der Waals surface area (Å²) in [6.07, 6.45) is 2.05. The molecule has 0 fully saturated rings. The molecule has 3 N–H and O–H groups in total. The molecule has 0 bridgehead atoms. The van der Waals surface area contributed by atoms with Crippen LogP contribution < -0.4 is 11.3 Å². The van der Waals surface area contributed by atoms with Gasteiger partial charge in [-0.15, -0.1) is 0 Å². The number of hydrogen-bond acceptors (Lipinski definition) is 3. The molecule has 0 saturated heterocycles. The summed E-state index contributed by atoms with van der Waals surface area (Å²) in [7, 11) is 1.71.